The largest absolute Gasteiger partial charge is 0.480 e. The number of halogens is 1. The molecular weight excluding hydrogens is 442 g/mol. The molecule has 1 fully saturated rings. The first-order valence-corrected chi connectivity index (χ1v) is 10.3. The number of carbonyl (C=O) groups is 1. The molecule has 16 heteroatoms. The molecule has 0 radical (unpaired) electrons. The lowest BCUT2D eigenvalue weighted by Crippen LogP contribution is -2.41. The second-order valence-corrected chi connectivity index (χ2v) is 8.42. The monoisotopic (exact) mass is 465 g/mol. The minimum Gasteiger partial charge on any atom is -0.480 e. The van der Waals surface area contributed by atoms with Crippen LogP contribution in [0.15, 0.2) is 6.33 Å². The van der Waals surface area contributed by atoms with Gasteiger partial charge in [0.15, 0.2) is 23.1 Å². The number of nitrogen functional groups attached to an aromatic ring is 1. The standard InChI is InChI=1S/C15H22FN6O8P/c1-6(12(24)25)21-31(26,27)29-4-7-9(23)15(2,16)13(30-7)22-5-18-8-10(22)19-14(17)20-11(8)28-3/h5-7,9,13,23H,4H2,1-3H3,(H,24,25)(H2,17,19,20)(H2,21,26,27)/t6-,7+,9+,13+,15+/m0/s1/i6D. The first-order valence-electron chi connectivity index (χ1n) is 9.26. The maximum absolute atomic E-state index is 15.5. The minimum atomic E-state index is -4.83. The summed E-state index contributed by atoms with van der Waals surface area (Å²) < 4.78 is 51.5. The number of aromatic nitrogens is 4. The molecule has 0 aliphatic carbocycles. The highest BCUT2D eigenvalue weighted by molar-refractivity contribution is 7.50. The Kier molecular flexibility index (Phi) is 5.81. The Balaban J connectivity index is 1.83. The van der Waals surface area contributed by atoms with Crippen molar-refractivity contribution < 1.29 is 44.2 Å². The molecule has 0 aromatic carbocycles. The van der Waals surface area contributed by atoms with Gasteiger partial charge < -0.3 is 30.3 Å². The number of anilines is 1. The van der Waals surface area contributed by atoms with E-state index in [4.69, 9.17) is 26.2 Å². The van der Waals surface area contributed by atoms with Crippen molar-refractivity contribution in [2.24, 2.45) is 0 Å². The molecule has 0 saturated carbocycles. The molecule has 0 bridgehead atoms. The average Bonchev–Trinajstić information content (AvgIpc) is 3.17. The molecule has 1 saturated heterocycles. The maximum atomic E-state index is 15.5. The van der Waals surface area contributed by atoms with E-state index >= 15 is 4.39 Å². The molecule has 2 aromatic heterocycles. The average molecular weight is 465 g/mol. The van der Waals surface area contributed by atoms with Gasteiger partial charge in [0, 0.05) is 0 Å². The molecule has 6 N–H and O–H groups in total. The molecule has 1 aliphatic heterocycles. The van der Waals surface area contributed by atoms with Crippen LogP contribution in [0, 0.1) is 0 Å². The number of fused-ring (bicyclic) bond motifs is 1. The van der Waals surface area contributed by atoms with Crippen molar-refractivity contribution in [1.82, 2.24) is 24.6 Å². The summed E-state index contributed by atoms with van der Waals surface area (Å²) in [6.07, 6.45) is -3.59. The van der Waals surface area contributed by atoms with Crippen LogP contribution in [0.1, 0.15) is 21.4 Å². The van der Waals surface area contributed by atoms with Crippen LogP contribution in [0.5, 0.6) is 5.88 Å². The molecule has 0 amide bonds. The number of carboxylic acid groups (broad SMARTS) is 1. The van der Waals surface area contributed by atoms with Crippen LogP contribution in [0.4, 0.5) is 10.3 Å². The van der Waals surface area contributed by atoms with Crippen molar-refractivity contribution in [2.45, 2.75) is 44.0 Å². The zero-order valence-corrected chi connectivity index (χ0v) is 17.5. The van der Waals surface area contributed by atoms with E-state index < -0.39 is 50.4 Å². The van der Waals surface area contributed by atoms with Crippen LogP contribution in [-0.4, -0.2) is 78.2 Å². The Hall–Kier alpha value is -2.42. The lowest BCUT2D eigenvalue weighted by Gasteiger charge is -2.24. The number of imidazole rings is 1. The van der Waals surface area contributed by atoms with Crippen LogP contribution in [0.25, 0.3) is 11.2 Å². The Morgan fingerprint density at radius 3 is 2.90 bits per heavy atom. The zero-order valence-electron chi connectivity index (χ0n) is 17.6. The van der Waals surface area contributed by atoms with Crippen molar-refractivity contribution in [3.8, 4) is 5.88 Å². The lowest BCUT2D eigenvalue weighted by molar-refractivity contribution is -0.138. The maximum Gasteiger partial charge on any atom is 0.403 e. The number of hydrogen-bond acceptors (Lipinski definition) is 10. The van der Waals surface area contributed by atoms with Gasteiger partial charge in [0.25, 0.3) is 0 Å². The Morgan fingerprint density at radius 1 is 1.61 bits per heavy atom. The molecule has 6 atom stereocenters. The smallest absolute Gasteiger partial charge is 0.403 e. The van der Waals surface area contributed by atoms with Gasteiger partial charge in [-0.05, 0) is 13.8 Å². The molecule has 1 unspecified atom stereocenters. The topological polar surface area (TPSA) is 204 Å². The van der Waals surface area contributed by atoms with Gasteiger partial charge in [-0.15, -0.1) is 0 Å². The van der Waals surface area contributed by atoms with Crippen molar-refractivity contribution >= 4 is 30.8 Å². The summed E-state index contributed by atoms with van der Waals surface area (Å²) in [5, 5.41) is 20.9. The molecule has 2 aromatic rings. The number of nitrogens with zero attached hydrogens (tertiary/aromatic N) is 4. The summed E-state index contributed by atoms with van der Waals surface area (Å²) >= 11 is 0. The number of carboxylic acids is 1. The van der Waals surface area contributed by atoms with Crippen molar-refractivity contribution in [2.75, 3.05) is 19.5 Å². The van der Waals surface area contributed by atoms with Crippen LogP contribution in [-0.2, 0) is 18.6 Å². The number of rotatable bonds is 8. The number of nitrogens with one attached hydrogen (secondary N) is 1. The van der Waals surface area contributed by atoms with Crippen LogP contribution in [0.2, 0.25) is 0 Å². The van der Waals surface area contributed by atoms with E-state index in [1.165, 1.54) is 13.4 Å². The summed E-state index contributed by atoms with van der Waals surface area (Å²) in [6.45, 7) is 1.06. The zero-order chi connectivity index (χ0) is 24.1. The third kappa shape index (κ3) is 4.46. The van der Waals surface area contributed by atoms with E-state index in [0.29, 0.717) is 0 Å². The van der Waals surface area contributed by atoms with Crippen molar-refractivity contribution in [1.29, 1.82) is 0 Å². The van der Waals surface area contributed by atoms with E-state index in [2.05, 4.69) is 15.0 Å². The second kappa shape index (κ2) is 8.26. The fourth-order valence-electron chi connectivity index (χ4n) is 3.04. The number of alkyl halides is 1. The number of ether oxygens (including phenoxy) is 2. The SMILES string of the molecule is [2H][C@@](C)(NP(=O)(O)OC[C@H]1O[C@@H](n2cnc3c(OC)nc(N)nc32)[C@](C)(F)[C@@H]1O)C(=O)O. The highest BCUT2D eigenvalue weighted by atomic mass is 31.2. The van der Waals surface area contributed by atoms with Gasteiger partial charge in [-0.2, -0.15) is 9.97 Å². The molecule has 0 spiro atoms. The molecule has 172 valence electrons. The minimum absolute atomic E-state index is 0.0365. The summed E-state index contributed by atoms with van der Waals surface area (Å²) in [5.41, 5.74) is 3.42. The predicted octanol–water partition coefficient (Wildman–Crippen LogP) is -0.417. The van der Waals surface area contributed by atoms with Gasteiger partial charge in [-0.1, -0.05) is 0 Å². The highest BCUT2D eigenvalue weighted by Crippen LogP contribution is 2.45. The van der Waals surface area contributed by atoms with Gasteiger partial charge in [-0.3, -0.25) is 13.9 Å². The van der Waals surface area contributed by atoms with Gasteiger partial charge in [-0.25, -0.2) is 19.0 Å². The number of aliphatic carboxylic acids is 1. The quantitative estimate of drug-likeness (QED) is 0.315. The van der Waals surface area contributed by atoms with Crippen LogP contribution in [0.3, 0.4) is 0 Å². The fourth-order valence-corrected chi connectivity index (χ4v) is 3.97. The fraction of sp³-hybridized carbons (Fsp3) is 0.600. The van der Waals surface area contributed by atoms with E-state index in [0.717, 1.165) is 18.4 Å². The third-order valence-electron chi connectivity index (χ3n) is 4.61. The normalized spacial score (nSPS) is 30.5. The summed E-state index contributed by atoms with van der Waals surface area (Å²) in [4.78, 5) is 32.7. The van der Waals surface area contributed by atoms with Gasteiger partial charge in [0.1, 0.15) is 18.2 Å². The molecule has 3 heterocycles. The number of aliphatic hydroxyl groups excluding tert-OH is 1. The highest BCUT2D eigenvalue weighted by Gasteiger charge is 2.55. The Bertz CT molecular complexity index is 1080. The first-order chi connectivity index (χ1) is 14.7. The number of aliphatic hydroxyl groups is 1. The molecule has 3 rings (SSSR count). The lowest BCUT2D eigenvalue weighted by atomic mass is 9.98. The predicted molar refractivity (Wildman–Crippen MR) is 102 cm³/mol. The molecule has 14 nitrogen and oxygen atoms in total. The second-order valence-electron chi connectivity index (χ2n) is 6.90. The van der Waals surface area contributed by atoms with Gasteiger partial charge in [0.05, 0.1) is 21.4 Å². The number of hydrogen-bond donors (Lipinski definition) is 5. The van der Waals surface area contributed by atoms with E-state index in [1.54, 1.807) is 5.09 Å². The number of methoxy groups -OCH3 is 1. The van der Waals surface area contributed by atoms with E-state index in [9.17, 15) is 19.4 Å². The third-order valence-corrected chi connectivity index (χ3v) is 5.73. The van der Waals surface area contributed by atoms with Crippen molar-refractivity contribution in [3.05, 3.63) is 6.33 Å². The van der Waals surface area contributed by atoms with E-state index in [-0.39, 0.29) is 23.0 Å². The Morgan fingerprint density at radius 2 is 2.29 bits per heavy atom. The van der Waals surface area contributed by atoms with Crippen LogP contribution >= 0.6 is 7.75 Å². The molecule has 1 aliphatic rings. The van der Waals surface area contributed by atoms with Crippen LogP contribution < -0.4 is 15.6 Å². The molecular formula is C15H22FN6O8P. The summed E-state index contributed by atoms with van der Waals surface area (Å²) in [7, 11) is -3.50. The first kappa shape index (κ1) is 21.8. The number of nitrogens with two attached hydrogens (primary N) is 1. The van der Waals surface area contributed by atoms with Gasteiger partial charge in [0.2, 0.25) is 11.8 Å². The van der Waals surface area contributed by atoms with E-state index in [1.807, 2.05) is 0 Å². The van der Waals surface area contributed by atoms with Gasteiger partial charge >= 0.3 is 13.7 Å². The van der Waals surface area contributed by atoms with Crippen molar-refractivity contribution in [3.63, 3.8) is 0 Å². The summed E-state index contributed by atoms with van der Waals surface area (Å²) in [5.74, 6) is -1.87. The Labute approximate surface area is 176 Å². The summed E-state index contributed by atoms with van der Waals surface area (Å²) in [6, 6.07) is -2.54. The molecule has 31 heavy (non-hydrogen) atoms.